The van der Waals surface area contributed by atoms with Crippen molar-refractivity contribution >= 4 is 18.0 Å². The van der Waals surface area contributed by atoms with Crippen LogP contribution in [0.15, 0.2) is 161 Å². The van der Waals surface area contributed by atoms with Crippen molar-refractivity contribution in [1.82, 2.24) is 15.2 Å². The fourth-order valence-electron chi connectivity index (χ4n) is 7.55. The summed E-state index contributed by atoms with van der Waals surface area (Å²) < 4.78 is 113. The van der Waals surface area contributed by atoms with Crippen LogP contribution in [0.3, 0.4) is 0 Å². The highest BCUT2D eigenvalue weighted by Crippen LogP contribution is 2.34. The summed E-state index contributed by atoms with van der Waals surface area (Å²) in [6.45, 7) is 0.739. The molecule has 0 spiro atoms. The number of aliphatic carboxylic acids is 1. The monoisotopic (exact) mass is 1000 g/mol. The molecule has 0 bridgehead atoms. The van der Waals surface area contributed by atoms with Crippen LogP contribution in [0.5, 0.6) is 23.0 Å². The van der Waals surface area contributed by atoms with E-state index in [1.165, 1.54) is 41.7 Å². The topological polar surface area (TPSA) is 173 Å². The highest BCUT2D eigenvalue weighted by atomic mass is 19.4. The van der Waals surface area contributed by atoms with Crippen LogP contribution in [0.4, 0.5) is 31.1 Å². The predicted octanol–water partition coefficient (Wildman–Crippen LogP) is 11.0. The van der Waals surface area contributed by atoms with Crippen molar-refractivity contribution in [2.75, 3.05) is 33.0 Å². The first kappa shape index (κ1) is 51.6. The average molecular weight is 1000 g/mol. The van der Waals surface area contributed by atoms with Crippen molar-refractivity contribution in [2.24, 2.45) is 0 Å². The fourth-order valence-corrected chi connectivity index (χ4v) is 7.55. The Balaban J connectivity index is 0.000000224. The molecule has 8 rings (SSSR count). The summed E-state index contributed by atoms with van der Waals surface area (Å²) >= 11 is 0. The molecule has 0 radical (unpaired) electrons. The predicted molar refractivity (Wildman–Crippen MR) is 243 cm³/mol. The van der Waals surface area contributed by atoms with Crippen LogP contribution >= 0.6 is 0 Å². The van der Waals surface area contributed by atoms with Gasteiger partial charge in [-0.1, -0.05) is 64.9 Å². The second kappa shape index (κ2) is 24.0. The summed E-state index contributed by atoms with van der Waals surface area (Å²) in [7, 11) is 0. The normalized spacial score (nSPS) is 14.3. The maximum Gasteiger partial charge on any atom is 0.416 e. The Labute approximate surface area is 407 Å². The minimum absolute atomic E-state index is 0.0336. The first-order chi connectivity index (χ1) is 34.6. The van der Waals surface area contributed by atoms with Gasteiger partial charge in [0.05, 0.1) is 35.0 Å². The molecule has 1 fully saturated rings. The van der Waals surface area contributed by atoms with Gasteiger partial charge in [0.1, 0.15) is 68.6 Å². The lowest BCUT2D eigenvalue weighted by molar-refractivity contribution is -0.138. The molecule has 14 nitrogen and oxygen atoms in total. The average Bonchev–Trinajstić information content (AvgIpc) is 4.18. The molecular formula is C52H45F6N3O11. The molecule has 3 atom stereocenters. The fraction of sp³-hybridized carbons (Fsp3) is 0.250. The Morgan fingerprint density at radius 3 is 1.36 bits per heavy atom. The molecule has 7 aromatic rings. The molecule has 1 saturated heterocycles. The lowest BCUT2D eigenvalue weighted by Gasteiger charge is -2.22. The molecule has 2 aromatic heterocycles. The number of carbonyl (C=O) groups excluding carboxylic acids is 2. The van der Waals surface area contributed by atoms with Gasteiger partial charge >= 0.3 is 24.4 Å². The maximum atomic E-state index is 13.4. The molecule has 1 aliphatic rings. The van der Waals surface area contributed by atoms with E-state index in [2.05, 4.69) is 10.3 Å². The van der Waals surface area contributed by atoms with E-state index < -0.39 is 53.4 Å². The molecule has 5 aromatic carbocycles. The summed E-state index contributed by atoms with van der Waals surface area (Å²) in [5.74, 6) is -0.579. The Hall–Kier alpha value is -8.29. The second-order valence-electron chi connectivity index (χ2n) is 16.0. The molecule has 376 valence electrons. The third-order valence-electron chi connectivity index (χ3n) is 11.1. The SMILES string of the molecule is O=C(C[C@@H](c1ccc(OCCOc2ccc(C(F)(F)F)cc2)cc1)c1ccon1)N1C(=O)OC[C@@H]1Cc1ccccc1.O=C(O)C[C@@H](c1ccc(OCCOc2ccc(C(F)(F)F)cc2)cc1)c1ccon1. The number of cyclic esters (lactones) is 1. The number of carbonyl (C=O) groups is 3. The third kappa shape index (κ3) is 14.6. The number of carboxylic acid groups (broad SMARTS) is 1. The molecule has 1 aliphatic heterocycles. The van der Waals surface area contributed by atoms with Gasteiger partial charge in [0.2, 0.25) is 5.91 Å². The van der Waals surface area contributed by atoms with Crippen LogP contribution in [0.25, 0.3) is 0 Å². The quantitative estimate of drug-likeness (QED) is 0.0565. The number of benzene rings is 5. The largest absolute Gasteiger partial charge is 0.490 e. The van der Waals surface area contributed by atoms with Crippen LogP contribution in [0, 0.1) is 0 Å². The number of halogens is 6. The molecule has 3 heterocycles. The van der Waals surface area contributed by atoms with Gasteiger partial charge in [0.15, 0.2) is 0 Å². The van der Waals surface area contributed by atoms with Crippen LogP contribution < -0.4 is 18.9 Å². The second-order valence-corrected chi connectivity index (χ2v) is 16.0. The van der Waals surface area contributed by atoms with E-state index in [1.54, 1.807) is 60.7 Å². The summed E-state index contributed by atoms with van der Waals surface area (Å²) in [6.07, 6.45) is -6.32. The number of nitrogens with zero attached hydrogens (tertiary/aromatic N) is 3. The number of amides is 2. The molecule has 72 heavy (non-hydrogen) atoms. The van der Waals surface area contributed by atoms with Crippen LogP contribution in [-0.2, 0) is 33.1 Å². The number of aromatic nitrogens is 2. The van der Waals surface area contributed by atoms with Crippen LogP contribution in [0.1, 0.15) is 63.9 Å². The van der Waals surface area contributed by atoms with Gasteiger partial charge in [-0.05, 0) is 95.9 Å². The van der Waals surface area contributed by atoms with E-state index in [0.29, 0.717) is 40.8 Å². The Kier molecular flexibility index (Phi) is 17.2. The third-order valence-corrected chi connectivity index (χ3v) is 11.1. The molecular weight excluding hydrogens is 957 g/mol. The molecule has 0 saturated carbocycles. The molecule has 0 aliphatic carbocycles. The zero-order valence-electron chi connectivity index (χ0n) is 38.0. The van der Waals surface area contributed by atoms with Gasteiger partial charge in [-0.15, -0.1) is 0 Å². The Morgan fingerprint density at radius 1 is 0.583 bits per heavy atom. The number of hydrogen-bond acceptors (Lipinski definition) is 12. The summed E-state index contributed by atoms with van der Waals surface area (Å²) in [6, 6.07) is 35.3. The number of carboxylic acids is 1. The standard InChI is InChI=1S/C31H27F3N2O6.C21H18F3NO5/c32-31(33,34)23-8-12-26(13-9-23)40-17-16-39-25-10-6-22(7-11-25)27(28-14-15-42-35-28)19-29(37)36-24(20-41-30(36)38)18-21-4-2-1-3-5-21;22-21(23,24)15-3-7-17(8-4-15)29-12-11-28-16-5-1-14(2-6-16)18(13-20(26)27)19-9-10-30-25-19/h1-15,24,27H,16-20H2;1-10,18H,11-13H2,(H,26,27)/t24-,27-;18-/m00/s1. The van der Waals surface area contributed by atoms with Crippen molar-refractivity contribution < 1.29 is 78.6 Å². The summed E-state index contributed by atoms with van der Waals surface area (Å²) in [5, 5.41) is 17.0. The van der Waals surface area contributed by atoms with E-state index in [0.717, 1.165) is 41.0 Å². The van der Waals surface area contributed by atoms with Crippen molar-refractivity contribution in [3.05, 3.63) is 191 Å². The van der Waals surface area contributed by atoms with Crippen molar-refractivity contribution in [3.63, 3.8) is 0 Å². The van der Waals surface area contributed by atoms with Crippen molar-refractivity contribution in [3.8, 4) is 23.0 Å². The zero-order chi connectivity index (χ0) is 51.1. The van der Waals surface area contributed by atoms with Gasteiger partial charge in [-0.3, -0.25) is 9.59 Å². The summed E-state index contributed by atoms with van der Waals surface area (Å²) in [5.41, 5.74) is 2.08. The minimum Gasteiger partial charge on any atom is -0.490 e. The van der Waals surface area contributed by atoms with Gasteiger partial charge in [-0.25, -0.2) is 9.69 Å². The van der Waals surface area contributed by atoms with E-state index in [4.69, 9.17) is 37.8 Å². The molecule has 1 N–H and O–H groups in total. The molecule has 2 amide bonds. The molecule has 20 heteroatoms. The lowest BCUT2D eigenvalue weighted by Crippen LogP contribution is -2.40. The maximum absolute atomic E-state index is 13.4. The van der Waals surface area contributed by atoms with E-state index in [9.17, 15) is 40.7 Å². The molecule has 0 unspecified atom stereocenters. The smallest absolute Gasteiger partial charge is 0.416 e. The number of imide groups is 1. The van der Waals surface area contributed by atoms with Gasteiger partial charge in [0.25, 0.3) is 0 Å². The Morgan fingerprint density at radius 2 is 0.986 bits per heavy atom. The first-order valence-corrected chi connectivity index (χ1v) is 22.2. The summed E-state index contributed by atoms with van der Waals surface area (Å²) in [4.78, 5) is 38.3. The van der Waals surface area contributed by atoms with E-state index in [-0.39, 0.29) is 51.8 Å². The Bertz CT molecular complexity index is 2780. The number of alkyl halides is 6. The number of ether oxygens (including phenoxy) is 5. The van der Waals surface area contributed by atoms with Gasteiger partial charge in [0, 0.05) is 30.4 Å². The lowest BCUT2D eigenvalue weighted by atomic mass is 9.91. The van der Waals surface area contributed by atoms with Crippen molar-refractivity contribution in [2.45, 2.75) is 49.5 Å². The number of hydrogen-bond donors (Lipinski definition) is 1. The van der Waals surface area contributed by atoms with Gasteiger partial charge in [-0.2, -0.15) is 26.3 Å². The highest BCUT2D eigenvalue weighted by molar-refractivity contribution is 5.94. The first-order valence-electron chi connectivity index (χ1n) is 22.2. The van der Waals surface area contributed by atoms with Crippen molar-refractivity contribution in [1.29, 1.82) is 0 Å². The zero-order valence-corrected chi connectivity index (χ0v) is 38.0. The van der Waals surface area contributed by atoms with Crippen LogP contribution in [-0.4, -0.2) is 77.4 Å². The highest BCUT2D eigenvalue weighted by Gasteiger charge is 2.39. The minimum atomic E-state index is -4.40. The van der Waals surface area contributed by atoms with Gasteiger partial charge < -0.3 is 37.8 Å². The van der Waals surface area contributed by atoms with Crippen LogP contribution in [0.2, 0.25) is 0 Å². The number of rotatable bonds is 20. The van der Waals surface area contributed by atoms with E-state index in [1.807, 2.05) is 30.3 Å². The van der Waals surface area contributed by atoms with E-state index >= 15 is 0 Å².